The van der Waals surface area contributed by atoms with Crippen LogP contribution in [0.25, 0.3) is 5.52 Å². The van der Waals surface area contributed by atoms with Gasteiger partial charge in [0.1, 0.15) is 5.15 Å². The van der Waals surface area contributed by atoms with Crippen LogP contribution in [0.1, 0.15) is 5.56 Å². The first kappa shape index (κ1) is 14.6. The molecule has 0 saturated carbocycles. The molecule has 2 heterocycles. The molecule has 7 heteroatoms. The van der Waals surface area contributed by atoms with Crippen molar-refractivity contribution < 1.29 is 13.2 Å². The fourth-order valence-corrected chi connectivity index (χ4v) is 2.65. The summed E-state index contributed by atoms with van der Waals surface area (Å²) >= 11 is 8.90. The lowest BCUT2D eigenvalue weighted by Crippen LogP contribution is -1.99. The molecule has 0 radical (unpaired) electrons. The molecule has 0 aliphatic rings. The Bertz CT molecular complexity index is 669. The Hall–Kier alpha value is -0.770. The highest BCUT2D eigenvalue weighted by atomic mass is 79.9. The average molecular weight is 369 g/mol. The second-order valence-corrected chi connectivity index (χ2v) is 5.48. The van der Waals surface area contributed by atoms with Gasteiger partial charge >= 0.3 is 5.51 Å². The van der Waals surface area contributed by atoms with Crippen molar-refractivity contribution in [1.29, 1.82) is 0 Å². The Morgan fingerprint density at radius 3 is 2.74 bits per heavy atom. The van der Waals surface area contributed by atoms with Crippen molar-refractivity contribution in [3.05, 3.63) is 35.1 Å². The highest BCUT2D eigenvalue weighted by molar-refractivity contribution is 9.09. The van der Waals surface area contributed by atoms with Gasteiger partial charge in [-0.15, -0.1) is 0 Å². The molecule has 0 aliphatic heterocycles. The molecular weight excluding hydrogens is 363 g/mol. The van der Waals surface area contributed by atoms with Crippen molar-refractivity contribution in [2.24, 2.45) is 0 Å². The molecule has 0 spiro atoms. The number of hydrogen-bond acceptors (Lipinski definition) is 1. The predicted octanol–water partition coefficient (Wildman–Crippen LogP) is 4.95. The molecule has 1 nitrogen and oxygen atoms in total. The number of alkyl halides is 4. The minimum atomic E-state index is -4.37. The number of pyridine rings is 1. The first-order valence-corrected chi connectivity index (χ1v) is 7.34. The molecule has 0 atom stereocenters. The number of halogens is 5. The summed E-state index contributed by atoms with van der Waals surface area (Å²) in [6.45, 7) is 0. The van der Waals surface area contributed by atoms with Crippen molar-refractivity contribution in [1.82, 2.24) is 4.40 Å². The molecule has 0 N–H and O–H groups in total. The van der Waals surface area contributed by atoms with Crippen LogP contribution in [0.4, 0.5) is 13.2 Å². The lowest BCUT2D eigenvalue weighted by molar-refractivity contribution is -0.0327. The quantitative estimate of drug-likeness (QED) is 0.298. The zero-order chi connectivity index (χ0) is 14.0. The summed E-state index contributed by atoms with van der Waals surface area (Å²) in [5.74, 6) is 5.41. The SMILES string of the molecule is FC(F)(F)Sc1c(C#CCBr)cn2c(Cl)cccc12. The van der Waals surface area contributed by atoms with Gasteiger partial charge in [-0.25, -0.2) is 0 Å². The van der Waals surface area contributed by atoms with Gasteiger partial charge in [0.2, 0.25) is 0 Å². The van der Waals surface area contributed by atoms with Gasteiger partial charge in [-0.3, -0.25) is 0 Å². The van der Waals surface area contributed by atoms with E-state index in [1.54, 1.807) is 18.2 Å². The number of thioether (sulfide) groups is 1. The van der Waals surface area contributed by atoms with Crippen LogP contribution in [0.2, 0.25) is 5.15 Å². The monoisotopic (exact) mass is 367 g/mol. The normalized spacial score (nSPS) is 11.4. The second kappa shape index (κ2) is 5.70. The molecule has 2 aromatic heterocycles. The van der Waals surface area contributed by atoms with E-state index in [4.69, 9.17) is 11.6 Å². The zero-order valence-corrected chi connectivity index (χ0v) is 12.4. The lowest BCUT2D eigenvalue weighted by Gasteiger charge is -2.05. The fourth-order valence-electron chi connectivity index (χ4n) is 1.58. The van der Waals surface area contributed by atoms with Crippen molar-refractivity contribution in [2.75, 3.05) is 5.33 Å². The van der Waals surface area contributed by atoms with Crippen LogP contribution in [-0.4, -0.2) is 15.2 Å². The molecule has 100 valence electrons. The van der Waals surface area contributed by atoms with Gasteiger partial charge in [-0.2, -0.15) is 13.2 Å². The van der Waals surface area contributed by atoms with E-state index in [2.05, 4.69) is 27.8 Å². The van der Waals surface area contributed by atoms with Gasteiger partial charge < -0.3 is 4.40 Å². The van der Waals surface area contributed by atoms with Gasteiger partial charge in [0.05, 0.1) is 21.3 Å². The maximum atomic E-state index is 12.6. The van der Waals surface area contributed by atoms with Crippen molar-refractivity contribution in [2.45, 2.75) is 10.4 Å². The van der Waals surface area contributed by atoms with Crippen LogP contribution in [0.3, 0.4) is 0 Å². The van der Waals surface area contributed by atoms with Crippen LogP contribution in [0.15, 0.2) is 29.3 Å². The third-order valence-corrected chi connectivity index (χ3v) is 3.67. The summed E-state index contributed by atoms with van der Waals surface area (Å²) in [5.41, 5.74) is -3.65. The molecule has 0 saturated heterocycles. The first-order valence-electron chi connectivity index (χ1n) is 5.02. The number of hydrogen-bond donors (Lipinski definition) is 0. The van der Waals surface area contributed by atoms with Gasteiger partial charge in [0, 0.05) is 6.20 Å². The summed E-state index contributed by atoms with van der Waals surface area (Å²) < 4.78 is 39.3. The van der Waals surface area contributed by atoms with E-state index in [-0.39, 0.29) is 16.7 Å². The number of rotatable bonds is 1. The van der Waals surface area contributed by atoms with Crippen molar-refractivity contribution in [3.8, 4) is 11.8 Å². The van der Waals surface area contributed by atoms with E-state index in [1.807, 2.05) is 0 Å². The highest BCUT2D eigenvalue weighted by Gasteiger charge is 2.32. The fraction of sp³-hybridized carbons (Fsp3) is 0.167. The molecule has 0 bridgehead atoms. The maximum absolute atomic E-state index is 12.6. The largest absolute Gasteiger partial charge is 0.446 e. The van der Waals surface area contributed by atoms with E-state index >= 15 is 0 Å². The molecule has 0 aromatic carbocycles. The Morgan fingerprint density at radius 1 is 1.37 bits per heavy atom. The predicted molar refractivity (Wildman–Crippen MR) is 75.0 cm³/mol. The van der Waals surface area contributed by atoms with Gasteiger partial charge in [-0.1, -0.05) is 45.4 Å². The van der Waals surface area contributed by atoms with Gasteiger partial charge in [0.15, 0.2) is 0 Å². The number of fused-ring (bicyclic) bond motifs is 1. The van der Waals surface area contributed by atoms with Gasteiger partial charge in [-0.05, 0) is 23.9 Å². The zero-order valence-electron chi connectivity index (χ0n) is 9.26. The van der Waals surface area contributed by atoms with Crippen LogP contribution in [0.5, 0.6) is 0 Å². The Labute approximate surface area is 125 Å². The highest BCUT2D eigenvalue weighted by Crippen LogP contribution is 2.41. The molecular formula is C12H6BrClF3NS. The molecule has 0 amide bonds. The second-order valence-electron chi connectivity index (χ2n) is 3.46. The Kier molecular flexibility index (Phi) is 4.39. The Morgan fingerprint density at radius 2 is 2.11 bits per heavy atom. The van der Waals surface area contributed by atoms with Crippen LogP contribution < -0.4 is 0 Å². The molecule has 0 fully saturated rings. The first-order chi connectivity index (χ1) is 8.92. The van der Waals surface area contributed by atoms with Crippen LogP contribution >= 0.6 is 39.3 Å². The number of nitrogens with zero attached hydrogens (tertiary/aromatic N) is 1. The third kappa shape index (κ3) is 3.41. The molecule has 0 aliphatic carbocycles. The van der Waals surface area contributed by atoms with E-state index in [0.717, 1.165) is 0 Å². The topological polar surface area (TPSA) is 4.41 Å². The van der Waals surface area contributed by atoms with E-state index in [1.165, 1.54) is 10.6 Å². The maximum Gasteiger partial charge on any atom is 0.446 e. The minimum absolute atomic E-state index is 0.0726. The molecule has 19 heavy (non-hydrogen) atoms. The average Bonchev–Trinajstić information content (AvgIpc) is 2.65. The summed E-state index contributed by atoms with van der Waals surface area (Å²) in [5, 5.41) is 0.733. The van der Waals surface area contributed by atoms with Gasteiger partial charge in [0.25, 0.3) is 0 Å². The van der Waals surface area contributed by atoms with E-state index < -0.39 is 5.51 Å². The molecule has 2 rings (SSSR count). The summed E-state index contributed by atoms with van der Waals surface area (Å²) in [7, 11) is 0. The van der Waals surface area contributed by atoms with E-state index in [9.17, 15) is 13.2 Å². The van der Waals surface area contributed by atoms with Crippen molar-refractivity contribution in [3.63, 3.8) is 0 Å². The van der Waals surface area contributed by atoms with E-state index in [0.29, 0.717) is 21.6 Å². The summed E-state index contributed by atoms with van der Waals surface area (Å²) in [4.78, 5) is 0.0726. The van der Waals surface area contributed by atoms with Crippen LogP contribution in [0, 0.1) is 11.8 Å². The minimum Gasteiger partial charge on any atom is -0.305 e. The Balaban J connectivity index is 2.65. The lowest BCUT2D eigenvalue weighted by atomic mass is 10.3. The van der Waals surface area contributed by atoms with Crippen LogP contribution in [-0.2, 0) is 0 Å². The smallest absolute Gasteiger partial charge is 0.305 e. The summed E-state index contributed by atoms with van der Waals surface area (Å²) in [6, 6.07) is 4.80. The standard InChI is InChI=1S/C12H6BrClF3NS/c13-6-2-3-8-7-18-9(4-1-5-10(18)14)11(8)19-12(15,16)17/h1,4-5,7H,6H2. The third-order valence-electron chi connectivity index (χ3n) is 2.22. The molecule has 2 aromatic rings. The summed E-state index contributed by atoms with van der Waals surface area (Å²) in [6.07, 6.45) is 1.52. The van der Waals surface area contributed by atoms with Crippen molar-refractivity contribution >= 4 is 44.8 Å². The molecule has 0 unspecified atom stereocenters. The number of aromatic nitrogens is 1.